The third kappa shape index (κ3) is 5.20. The predicted molar refractivity (Wildman–Crippen MR) is 129 cm³/mol. The summed E-state index contributed by atoms with van der Waals surface area (Å²) in [7, 11) is -0.513. The maximum atomic E-state index is 12.9. The molecule has 0 radical (unpaired) electrons. The molecule has 172 valence electrons. The number of carboxylic acids is 1. The number of carboxylic acid groups (broad SMARTS) is 1. The minimum Gasteiger partial charge on any atom is -0.481 e. The molecule has 2 rings (SSSR count). The normalized spacial score (nSPS) is 13.6. The van der Waals surface area contributed by atoms with E-state index in [0.717, 1.165) is 0 Å². The van der Waals surface area contributed by atoms with Crippen molar-refractivity contribution in [2.75, 3.05) is 13.7 Å². The lowest BCUT2D eigenvalue weighted by Crippen LogP contribution is -2.42. The Morgan fingerprint density at radius 2 is 1.94 bits per heavy atom. The highest BCUT2D eigenvalue weighted by atomic mass is 79.9. The van der Waals surface area contributed by atoms with Crippen LogP contribution in [0.4, 0.5) is 0 Å². The number of aromatic nitrogens is 2. The van der Waals surface area contributed by atoms with E-state index in [0.29, 0.717) is 29.0 Å². The number of nitrogens with zero attached hydrogens (tertiary/aromatic N) is 2. The molecule has 31 heavy (non-hydrogen) atoms. The zero-order valence-corrected chi connectivity index (χ0v) is 22.2. The lowest BCUT2D eigenvalue weighted by molar-refractivity contribution is 0.0694. The van der Waals surface area contributed by atoms with Crippen LogP contribution in [0.5, 0.6) is 5.88 Å². The second-order valence-corrected chi connectivity index (χ2v) is 15.0. The van der Waals surface area contributed by atoms with Gasteiger partial charge in [0.2, 0.25) is 11.3 Å². The summed E-state index contributed by atoms with van der Waals surface area (Å²) in [5.74, 6) is -0.751. The zero-order chi connectivity index (χ0) is 23.7. The molecule has 2 aromatic heterocycles. The highest BCUT2D eigenvalue weighted by molar-refractivity contribution is 9.08. The van der Waals surface area contributed by atoms with E-state index in [4.69, 9.17) is 9.16 Å². The van der Waals surface area contributed by atoms with Crippen molar-refractivity contribution >= 4 is 41.3 Å². The number of pyridine rings is 2. The summed E-state index contributed by atoms with van der Waals surface area (Å²) < 4.78 is 13.7. The van der Waals surface area contributed by atoms with Gasteiger partial charge in [-0.05, 0) is 30.1 Å². The van der Waals surface area contributed by atoms with Gasteiger partial charge in [-0.25, -0.2) is 4.79 Å². The first-order valence-corrected chi connectivity index (χ1v) is 14.3. The second-order valence-electron chi connectivity index (χ2n) is 9.63. The third-order valence-corrected chi connectivity index (χ3v) is 11.3. The van der Waals surface area contributed by atoms with E-state index < -0.39 is 19.7 Å². The smallest absolute Gasteiger partial charge is 0.341 e. The number of hydrogen-bond donors (Lipinski definition) is 1. The van der Waals surface area contributed by atoms with Crippen LogP contribution in [0.2, 0.25) is 18.1 Å². The van der Waals surface area contributed by atoms with Crippen molar-refractivity contribution < 1.29 is 19.1 Å². The van der Waals surface area contributed by atoms with Crippen LogP contribution in [0.3, 0.4) is 0 Å². The van der Waals surface area contributed by atoms with Crippen molar-refractivity contribution in [1.82, 2.24) is 9.55 Å². The standard InChI is InChI=1S/C22H33BrN2O5Si/c1-13(2)17(12-30-31(7,8)22(3,4)5)25-11-16(21(27)28)18(26)15-9-14(10-23)20(29-6)24-19(15)25/h9,11,13,17H,10,12H2,1-8H3,(H,27,28). The molecule has 0 saturated carbocycles. The molecule has 0 amide bonds. The van der Waals surface area contributed by atoms with Crippen LogP contribution in [-0.4, -0.2) is 42.7 Å². The number of alkyl halides is 1. The molecular weight excluding hydrogens is 480 g/mol. The minimum atomic E-state index is -2.04. The quantitative estimate of drug-likeness (QED) is 0.385. The third-order valence-electron chi connectivity index (χ3n) is 6.16. The van der Waals surface area contributed by atoms with Crippen LogP contribution in [0.25, 0.3) is 11.0 Å². The van der Waals surface area contributed by atoms with Crippen LogP contribution in [-0.2, 0) is 9.76 Å². The van der Waals surface area contributed by atoms with Crippen LogP contribution in [0, 0.1) is 5.92 Å². The Hall–Kier alpha value is -1.71. The van der Waals surface area contributed by atoms with E-state index in [1.54, 1.807) is 10.6 Å². The van der Waals surface area contributed by atoms with E-state index in [1.807, 2.05) is 13.8 Å². The SMILES string of the molecule is COc1nc2c(cc1CBr)c(=O)c(C(=O)O)cn2C(CO[Si](C)(C)C(C)(C)C)C(C)C. The van der Waals surface area contributed by atoms with Gasteiger partial charge in [-0.2, -0.15) is 4.98 Å². The summed E-state index contributed by atoms with van der Waals surface area (Å²) in [5.41, 5.74) is 0.246. The number of methoxy groups -OCH3 is 1. The molecule has 0 aliphatic rings. The molecule has 2 aromatic rings. The number of hydrogen-bond acceptors (Lipinski definition) is 5. The highest BCUT2D eigenvalue weighted by Crippen LogP contribution is 2.38. The number of rotatable bonds is 8. The first kappa shape index (κ1) is 25.5. The van der Waals surface area contributed by atoms with Crippen molar-refractivity contribution in [3.05, 3.63) is 33.6 Å². The van der Waals surface area contributed by atoms with Crippen molar-refractivity contribution in [3.8, 4) is 5.88 Å². The van der Waals surface area contributed by atoms with Gasteiger partial charge in [0.15, 0.2) is 8.32 Å². The molecule has 0 aliphatic carbocycles. The Morgan fingerprint density at radius 3 is 2.39 bits per heavy atom. The molecule has 0 aliphatic heterocycles. The van der Waals surface area contributed by atoms with E-state index in [9.17, 15) is 14.7 Å². The maximum absolute atomic E-state index is 12.9. The van der Waals surface area contributed by atoms with Gasteiger partial charge >= 0.3 is 5.97 Å². The molecule has 1 N–H and O–H groups in total. The number of carbonyl (C=O) groups is 1. The Morgan fingerprint density at radius 1 is 1.32 bits per heavy atom. The number of ether oxygens (including phenoxy) is 1. The minimum absolute atomic E-state index is 0.0403. The molecule has 9 heteroatoms. The van der Waals surface area contributed by atoms with Gasteiger partial charge in [0.05, 0.1) is 25.1 Å². The molecular formula is C22H33BrN2O5Si. The van der Waals surface area contributed by atoms with Crippen molar-refractivity contribution in [1.29, 1.82) is 0 Å². The van der Waals surface area contributed by atoms with Crippen LogP contribution >= 0.6 is 15.9 Å². The second kappa shape index (κ2) is 9.42. The fourth-order valence-electron chi connectivity index (χ4n) is 3.08. The van der Waals surface area contributed by atoms with E-state index >= 15 is 0 Å². The molecule has 0 fully saturated rings. The zero-order valence-electron chi connectivity index (χ0n) is 19.6. The van der Waals surface area contributed by atoms with Crippen LogP contribution in [0.1, 0.15) is 56.6 Å². The first-order chi connectivity index (χ1) is 14.2. The molecule has 0 bridgehead atoms. The summed E-state index contributed by atoms with van der Waals surface area (Å²) >= 11 is 3.38. The van der Waals surface area contributed by atoms with Gasteiger partial charge < -0.3 is 18.8 Å². The Kier molecular flexibility index (Phi) is 7.76. The van der Waals surface area contributed by atoms with Crippen LogP contribution in [0.15, 0.2) is 17.1 Å². The molecule has 0 aromatic carbocycles. The topological polar surface area (TPSA) is 90.6 Å². The van der Waals surface area contributed by atoms with Crippen molar-refractivity contribution in [2.24, 2.45) is 5.92 Å². The lowest BCUT2D eigenvalue weighted by Gasteiger charge is -2.38. The van der Waals surface area contributed by atoms with E-state index in [1.165, 1.54) is 13.3 Å². The number of fused-ring (bicyclic) bond motifs is 1. The summed E-state index contributed by atoms with van der Waals surface area (Å²) in [4.78, 5) is 29.4. The van der Waals surface area contributed by atoms with Gasteiger partial charge in [0, 0.05) is 17.1 Å². The Balaban J connectivity index is 2.75. The van der Waals surface area contributed by atoms with Gasteiger partial charge in [-0.15, -0.1) is 0 Å². The van der Waals surface area contributed by atoms with Crippen LogP contribution < -0.4 is 10.2 Å². The Bertz CT molecular complexity index is 1030. The fraction of sp³-hybridized carbons (Fsp3) is 0.591. The van der Waals surface area contributed by atoms with Crippen molar-refractivity contribution in [2.45, 2.75) is 64.1 Å². The Labute approximate surface area is 193 Å². The fourth-order valence-corrected chi connectivity index (χ4v) is 4.50. The molecule has 0 spiro atoms. The molecule has 1 unspecified atom stereocenters. The summed E-state index contributed by atoms with van der Waals surface area (Å²) in [5, 5.41) is 10.4. The average Bonchev–Trinajstić information content (AvgIpc) is 2.67. The molecule has 2 heterocycles. The molecule has 0 saturated heterocycles. The van der Waals surface area contributed by atoms with Gasteiger partial charge in [-0.1, -0.05) is 50.5 Å². The largest absolute Gasteiger partial charge is 0.481 e. The first-order valence-electron chi connectivity index (χ1n) is 10.3. The van der Waals surface area contributed by atoms with Gasteiger partial charge in [0.1, 0.15) is 11.2 Å². The van der Waals surface area contributed by atoms with Gasteiger partial charge in [-0.3, -0.25) is 4.79 Å². The number of aromatic carboxylic acids is 1. The monoisotopic (exact) mass is 512 g/mol. The summed E-state index contributed by atoms with van der Waals surface area (Å²) in [6.07, 6.45) is 1.40. The highest BCUT2D eigenvalue weighted by Gasteiger charge is 2.38. The molecule has 7 nitrogen and oxygen atoms in total. The number of halogens is 1. The summed E-state index contributed by atoms with van der Waals surface area (Å²) in [6, 6.07) is 1.45. The predicted octanol–water partition coefficient (Wildman–Crippen LogP) is 5.22. The van der Waals surface area contributed by atoms with E-state index in [2.05, 4.69) is 54.8 Å². The lowest BCUT2D eigenvalue weighted by atomic mass is 10.0. The van der Waals surface area contributed by atoms with E-state index in [-0.39, 0.29) is 27.9 Å². The maximum Gasteiger partial charge on any atom is 0.341 e. The van der Waals surface area contributed by atoms with Gasteiger partial charge in [0.25, 0.3) is 0 Å². The molecule has 1 atom stereocenters. The van der Waals surface area contributed by atoms with Crippen molar-refractivity contribution in [3.63, 3.8) is 0 Å². The average molecular weight is 514 g/mol. The summed E-state index contributed by atoms with van der Waals surface area (Å²) in [6.45, 7) is 15.4.